The summed E-state index contributed by atoms with van der Waals surface area (Å²) in [6.07, 6.45) is 2.77. The lowest BCUT2D eigenvalue weighted by Gasteiger charge is -2.37. The molecular weight excluding hydrogens is 300 g/mol. The van der Waals surface area contributed by atoms with Crippen molar-refractivity contribution < 1.29 is 14.6 Å². The minimum Gasteiger partial charge on any atom is -0.498 e. The van der Waals surface area contributed by atoms with Crippen LogP contribution < -0.4 is 0 Å². The minimum atomic E-state index is -1.34. The molecule has 3 heteroatoms. The second kappa shape index (κ2) is 7.02. The second-order valence-electron chi connectivity index (χ2n) is 6.04. The summed E-state index contributed by atoms with van der Waals surface area (Å²) in [5.41, 5.74) is 0.138. The number of allylic oxidation sites excluding steroid dienone is 2. The van der Waals surface area contributed by atoms with Crippen molar-refractivity contribution in [1.82, 2.24) is 0 Å². The van der Waals surface area contributed by atoms with Crippen molar-refractivity contribution in [2.75, 3.05) is 6.61 Å². The van der Waals surface area contributed by atoms with Crippen LogP contribution in [0, 0.1) is 5.92 Å². The fraction of sp³-hybridized carbons (Fsp3) is 0.286. The van der Waals surface area contributed by atoms with Crippen LogP contribution in [0.2, 0.25) is 0 Å². The SMILES string of the molecule is CCOC1=CC(=O)C(C(O)(c2ccccc2)c2ccccc2)CC1. The first-order valence-corrected chi connectivity index (χ1v) is 8.37. The van der Waals surface area contributed by atoms with E-state index in [9.17, 15) is 9.90 Å². The first-order valence-electron chi connectivity index (χ1n) is 8.37. The minimum absolute atomic E-state index is 0.0834. The first-order chi connectivity index (χ1) is 11.7. The van der Waals surface area contributed by atoms with Gasteiger partial charge in [0.2, 0.25) is 0 Å². The van der Waals surface area contributed by atoms with Gasteiger partial charge in [0.15, 0.2) is 5.78 Å². The Morgan fingerprint density at radius 2 is 1.58 bits per heavy atom. The molecule has 1 N–H and O–H groups in total. The molecule has 0 heterocycles. The van der Waals surface area contributed by atoms with Gasteiger partial charge in [-0.15, -0.1) is 0 Å². The van der Waals surface area contributed by atoms with Crippen LogP contribution in [-0.2, 0) is 15.1 Å². The topological polar surface area (TPSA) is 46.5 Å². The van der Waals surface area contributed by atoms with E-state index in [0.29, 0.717) is 25.2 Å². The van der Waals surface area contributed by atoms with Crippen molar-refractivity contribution in [2.45, 2.75) is 25.4 Å². The zero-order valence-corrected chi connectivity index (χ0v) is 13.8. The molecule has 24 heavy (non-hydrogen) atoms. The molecule has 0 fully saturated rings. The number of hydrogen-bond donors (Lipinski definition) is 1. The van der Waals surface area contributed by atoms with Crippen molar-refractivity contribution >= 4 is 5.78 Å². The fourth-order valence-electron chi connectivity index (χ4n) is 3.43. The van der Waals surface area contributed by atoms with Crippen molar-refractivity contribution in [3.8, 4) is 0 Å². The van der Waals surface area contributed by atoms with E-state index in [4.69, 9.17) is 4.74 Å². The standard InChI is InChI=1S/C21H22O3/c1-2-24-18-13-14-19(20(22)15-18)21(23,16-9-5-3-6-10-16)17-11-7-4-8-12-17/h3-12,15,19,23H,2,13-14H2,1H3. The molecule has 0 aliphatic heterocycles. The third-order valence-electron chi connectivity index (χ3n) is 4.59. The number of carbonyl (C=O) groups excluding carboxylic acids is 1. The molecule has 0 saturated carbocycles. The van der Waals surface area contributed by atoms with E-state index >= 15 is 0 Å². The Kier molecular flexibility index (Phi) is 4.81. The van der Waals surface area contributed by atoms with Crippen molar-refractivity contribution in [2.24, 2.45) is 5.92 Å². The molecule has 1 aliphatic carbocycles. The molecule has 0 spiro atoms. The number of aliphatic hydroxyl groups is 1. The van der Waals surface area contributed by atoms with Gasteiger partial charge in [-0.1, -0.05) is 60.7 Å². The van der Waals surface area contributed by atoms with Gasteiger partial charge in [0, 0.05) is 12.5 Å². The van der Waals surface area contributed by atoms with Crippen molar-refractivity contribution in [3.63, 3.8) is 0 Å². The smallest absolute Gasteiger partial charge is 0.165 e. The molecule has 1 aliphatic rings. The number of benzene rings is 2. The summed E-state index contributed by atoms with van der Waals surface area (Å²) in [6.45, 7) is 2.45. The van der Waals surface area contributed by atoms with Crippen LogP contribution in [0.4, 0.5) is 0 Å². The Morgan fingerprint density at radius 1 is 1.04 bits per heavy atom. The summed E-state index contributed by atoms with van der Waals surface area (Å²) >= 11 is 0. The third-order valence-corrected chi connectivity index (χ3v) is 4.59. The van der Waals surface area contributed by atoms with Gasteiger partial charge in [-0.05, 0) is 24.5 Å². The average molecular weight is 322 g/mol. The van der Waals surface area contributed by atoms with E-state index in [1.807, 2.05) is 67.6 Å². The molecule has 0 radical (unpaired) electrons. The summed E-state index contributed by atoms with van der Waals surface area (Å²) < 4.78 is 5.48. The van der Waals surface area contributed by atoms with Gasteiger partial charge in [0.1, 0.15) is 5.60 Å². The highest BCUT2D eigenvalue weighted by molar-refractivity contribution is 5.94. The van der Waals surface area contributed by atoms with E-state index in [0.717, 1.165) is 11.1 Å². The second-order valence-corrected chi connectivity index (χ2v) is 6.04. The van der Waals surface area contributed by atoms with Gasteiger partial charge < -0.3 is 9.84 Å². The molecule has 3 nitrogen and oxygen atoms in total. The van der Waals surface area contributed by atoms with Crippen LogP contribution >= 0.6 is 0 Å². The molecule has 2 aromatic rings. The Balaban J connectivity index is 2.06. The van der Waals surface area contributed by atoms with Gasteiger partial charge >= 0.3 is 0 Å². The zero-order valence-electron chi connectivity index (χ0n) is 13.8. The van der Waals surface area contributed by atoms with E-state index in [1.165, 1.54) is 0 Å². The molecule has 124 valence electrons. The van der Waals surface area contributed by atoms with Crippen molar-refractivity contribution in [1.29, 1.82) is 0 Å². The number of carbonyl (C=O) groups is 1. The maximum absolute atomic E-state index is 12.8. The largest absolute Gasteiger partial charge is 0.498 e. The highest BCUT2D eigenvalue weighted by Crippen LogP contribution is 2.42. The van der Waals surface area contributed by atoms with Crippen LogP contribution in [0.25, 0.3) is 0 Å². The molecule has 3 rings (SSSR count). The first kappa shape index (κ1) is 16.5. The van der Waals surface area contributed by atoms with Crippen LogP contribution in [0.15, 0.2) is 72.5 Å². The van der Waals surface area contributed by atoms with Crippen LogP contribution in [0.3, 0.4) is 0 Å². The lowest BCUT2D eigenvalue weighted by Crippen LogP contribution is -2.42. The van der Waals surface area contributed by atoms with Crippen molar-refractivity contribution in [3.05, 3.63) is 83.6 Å². The summed E-state index contributed by atoms with van der Waals surface area (Å²) in [5.74, 6) is 0.105. The third kappa shape index (κ3) is 3.00. The predicted molar refractivity (Wildman–Crippen MR) is 93.3 cm³/mol. The molecular formula is C21H22O3. The Bertz CT molecular complexity index is 680. The molecule has 1 atom stereocenters. The number of rotatable bonds is 5. The summed E-state index contributed by atoms with van der Waals surface area (Å²) in [6, 6.07) is 18.9. The summed E-state index contributed by atoms with van der Waals surface area (Å²) in [5, 5.41) is 11.7. The predicted octanol–water partition coefficient (Wildman–Crippen LogP) is 3.82. The highest BCUT2D eigenvalue weighted by atomic mass is 16.5. The molecule has 2 aromatic carbocycles. The normalized spacial score (nSPS) is 18.2. The van der Waals surface area contributed by atoms with Crippen LogP contribution in [0.5, 0.6) is 0 Å². The van der Waals surface area contributed by atoms with Gasteiger partial charge in [-0.3, -0.25) is 4.79 Å². The zero-order chi connectivity index (χ0) is 17.0. The van der Waals surface area contributed by atoms with Gasteiger partial charge in [-0.2, -0.15) is 0 Å². The molecule has 0 bridgehead atoms. The van der Waals surface area contributed by atoms with Gasteiger partial charge in [0.25, 0.3) is 0 Å². The van der Waals surface area contributed by atoms with Crippen LogP contribution in [0.1, 0.15) is 30.9 Å². The Hall–Kier alpha value is -2.39. The number of ether oxygens (including phenoxy) is 1. The van der Waals surface area contributed by atoms with Gasteiger partial charge in [-0.25, -0.2) is 0 Å². The van der Waals surface area contributed by atoms with Gasteiger partial charge in [0.05, 0.1) is 18.3 Å². The molecule has 1 unspecified atom stereocenters. The molecule has 0 saturated heterocycles. The van der Waals surface area contributed by atoms with E-state index in [2.05, 4.69) is 0 Å². The van der Waals surface area contributed by atoms with E-state index < -0.39 is 11.5 Å². The maximum atomic E-state index is 12.8. The summed E-state index contributed by atoms with van der Waals surface area (Å²) in [4.78, 5) is 12.8. The molecule has 0 amide bonds. The van der Waals surface area contributed by atoms with E-state index in [-0.39, 0.29) is 5.78 Å². The molecule has 0 aromatic heterocycles. The maximum Gasteiger partial charge on any atom is 0.165 e. The monoisotopic (exact) mass is 322 g/mol. The highest BCUT2D eigenvalue weighted by Gasteiger charge is 2.44. The number of ketones is 1. The fourth-order valence-corrected chi connectivity index (χ4v) is 3.43. The Labute approximate surface area is 142 Å². The average Bonchev–Trinajstić information content (AvgIpc) is 2.63. The van der Waals surface area contributed by atoms with E-state index in [1.54, 1.807) is 6.08 Å². The quantitative estimate of drug-likeness (QED) is 0.910. The Morgan fingerprint density at radius 3 is 2.04 bits per heavy atom. The lowest BCUT2D eigenvalue weighted by atomic mass is 9.70. The summed E-state index contributed by atoms with van der Waals surface area (Å²) in [7, 11) is 0. The lowest BCUT2D eigenvalue weighted by molar-refractivity contribution is -0.127. The van der Waals surface area contributed by atoms with Crippen LogP contribution in [-0.4, -0.2) is 17.5 Å². The number of hydrogen-bond acceptors (Lipinski definition) is 3.